The third-order valence-corrected chi connectivity index (χ3v) is 3.40. The minimum absolute atomic E-state index is 0.136. The summed E-state index contributed by atoms with van der Waals surface area (Å²) in [7, 11) is 0. The van der Waals surface area contributed by atoms with Gasteiger partial charge in [0.05, 0.1) is 0 Å². The van der Waals surface area contributed by atoms with Crippen molar-refractivity contribution in [2.24, 2.45) is 0 Å². The normalized spacial score (nSPS) is 19.6. The van der Waals surface area contributed by atoms with Gasteiger partial charge in [-0.3, -0.25) is 0 Å². The van der Waals surface area contributed by atoms with Gasteiger partial charge in [0.1, 0.15) is 22.9 Å². The van der Waals surface area contributed by atoms with Gasteiger partial charge in [-0.15, -0.1) is 0 Å². The first-order valence-corrected chi connectivity index (χ1v) is 7.36. The monoisotopic (exact) mass is 312 g/mol. The zero-order valence-corrected chi connectivity index (χ0v) is 13.6. The highest BCUT2D eigenvalue weighted by atomic mass is 35.5. The summed E-state index contributed by atoms with van der Waals surface area (Å²) in [5, 5.41) is 0.418. The summed E-state index contributed by atoms with van der Waals surface area (Å²) in [6.07, 6.45) is 1.18. The summed E-state index contributed by atoms with van der Waals surface area (Å²) in [4.78, 5) is 24.1. The van der Waals surface area contributed by atoms with E-state index in [1.807, 2.05) is 27.7 Å². The van der Waals surface area contributed by atoms with Crippen molar-refractivity contribution in [3.63, 3.8) is 0 Å². The highest BCUT2D eigenvalue weighted by Crippen LogP contribution is 2.21. The Morgan fingerprint density at radius 1 is 1.38 bits per heavy atom. The number of hydrogen-bond donors (Lipinski definition) is 0. The molecule has 0 unspecified atom stereocenters. The molecule has 7 heteroatoms. The molecule has 1 aromatic rings. The van der Waals surface area contributed by atoms with Crippen LogP contribution in [0.3, 0.4) is 0 Å². The Balaban J connectivity index is 2.01. The lowest BCUT2D eigenvalue weighted by Gasteiger charge is -2.40. The molecular weight excluding hydrogens is 292 g/mol. The quantitative estimate of drug-likeness (QED) is 0.746. The molecule has 1 atom stereocenters. The van der Waals surface area contributed by atoms with Crippen LogP contribution in [0.15, 0.2) is 12.4 Å². The molecule has 116 valence electrons. The van der Waals surface area contributed by atoms with E-state index in [1.165, 1.54) is 6.33 Å². The molecule has 1 amide bonds. The lowest BCUT2D eigenvalue weighted by molar-refractivity contribution is 0.0218. The van der Waals surface area contributed by atoms with Crippen LogP contribution in [0.2, 0.25) is 5.15 Å². The number of carbonyl (C=O) groups excluding carboxylic acids is 1. The zero-order valence-electron chi connectivity index (χ0n) is 12.8. The SMILES string of the molecule is C[C@@H]1CN(C(=O)OC(C)(C)C)CCN1c1cc(Cl)ncn1. The zero-order chi connectivity index (χ0) is 15.6. The largest absolute Gasteiger partial charge is 0.444 e. The van der Waals surface area contributed by atoms with Crippen LogP contribution in [-0.4, -0.2) is 52.2 Å². The number of nitrogens with zero attached hydrogens (tertiary/aromatic N) is 4. The fourth-order valence-corrected chi connectivity index (χ4v) is 2.41. The molecule has 0 aromatic carbocycles. The molecular formula is C14H21ClN4O2. The van der Waals surface area contributed by atoms with E-state index >= 15 is 0 Å². The van der Waals surface area contributed by atoms with E-state index in [-0.39, 0.29) is 12.1 Å². The standard InChI is InChI=1S/C14H21ClN4O2/c1-10-8-18(13(20)21-14(2,3)4)5-6-19(10)12-7-11(15)16-9-17-12/h7,9-10H,5-6,8H2,1-4H3/t10-/m1/s1. The van der Waals surface area contributed by atoms with E-state index < -0.39 is 5.60 Å². The Morgan fingerprint density at radius 2 is 2.10 bits per heavy atom. The van der Waals surface area contributed by atoms with Gasteiger partial charge in [-0.1, -0.05) is 11.6 Å². The van der Waals surface area contributed by atoms with Crippen LogP contribution in [0, 0.1) is 0 Å². The molecule has 21 heavy (non-hydrogen) atoms. The van der Waals surface area contributed by atoms with Crippen molar-refractivity contribution in [3.8, 4) is 0 Å². The first-order valence-electron chi connectivity index (χ1n) is 6.98. The summed E-state index contributed by atoms with van der Waals surface area (Å²) in [6, 6.07) is 1.87. The molecule has 2 rings (SSSR count). The van der Waals surface area contributed by atoms with Crippen LogP contribution >= 0.6 is 11.6 Å². The molecule has 1 saturated heterocycles. The number of aromatic nitrogens is 2. The lowest BCUT2D eigenvalue weighted by atomic mass is 10.2. The molecule has 0 aliphatic carbocycles. The van der Waals surface area contributed by atoms with Gasteiger partial charge in [0.15, 0.2) is 0 Å². The number of rotatable bonds is 1. The summed E-state index contributed by atoms with van der Waals surface area (Å²) < 4.78 is 5.41. The fraction of sp³-hybridized carbons (Fsp3) is 0.643. The summed E-state index contributed by atoms with van der Waals surface area (Å²) in [5.74, 6) is 0.784. The van der Waals surface area contributed by atoms with Gasteiger partial charge in [0, 0.05) is 31.7 Å². The van der Waals surface area contributed by atoms with Crippen molar-refractivity contribution in [3.05, 3.63) is 17.5 Å². The average Bonchev–Trinajstić information content (AvgIpc) is 2.36. The molecule has 1 aromatic heterocycles. The molecule has 0 radical (unpaired) electrons. The van der Waals surface area contributed by atoms with Crippen LogP contribution in [0.25, 0.3) is 0 Å². The predicted octanol–water partition coefficient (Wildman–Crippen LogP) is 2.58. The Bertz CT molecular complexity index is 518. The Kier molecular flexibility index (Phi) is 4.56. The van der Waals surface area contributed by atoms with Crippen molar-refractivity contribution in [2.75, 3.05) is 24.5 Å². The maximum absolute atomic E-state index is 12.1. The van der Waals surface area contributed by atoms with Gasteiger partial charge < -0.3 is 14.5 Å². The molecule has 0 bridgehead atoms. The number of carbonyl (C=O) groups is 1. The van der Waals surface area contributed by atoms with Crippen molar-refractivity contribution in [1.29, 1.82) is 0 Å². The second kappa shape index (κ2) is 6.05. The summed E-state index contributed by atoms with van der Waals surface area (Å²) in [5.41, 5.74) is -0.475. The molecule has 6 nitrogen and oxygen atoms in total. The number of anilines is 1. The van der Waals surface area contributed by atoms with E-state index in [9.17, 15) is 4.79 Å². The third-order valence-electron chi connectivity index (χ3n) is 3.19. The molecule has 0 N–H and O–H groups in total. The van der Waals surface area contributed by atoms with Crippen molar-refractivity contribution >= 4 is 23.5 Å². The van der Waals surface area contributed by atoms with Crippen molar-refractivity contribution in [1.82, 2.24) is 14.9 Å². The molecule has 1 fully saturated rings. The molecule has 0 saturated carbocycles. The highest BCUT2D eigenvalue weighted by Gasteiger charge is 2.30. The fourth-order valence-electron chi connectivity index (χ4n) is 2.27. The van der Waals surface area contributed by atoms with Crippen LogP contribution in [0.1, 0.15) is 27.7 Å². The Morgan fingerprint density at radius 3 is 2.67 bits per heavy atom. The topological polar surface area (TPSA) is 58.6 Å². The maximum Gasteiger partial charge on any atom is 0.410 e. The molecule has 0 spiro atoms. The minimum atomic E-state index is -0.475. The van der Waals surface area contributed by atoms with E-state index in [0.717, 1.165) is 5.82 Å². The van der Waals surface area contributed by atoms with Gasteiger partial charge in [0.25, 0.3) is 0 Å². The van der Waals surface area contributed by atoms with E-state index in [4.69, 9.17) is 16.3 Å². The second-order valence-electron chi connectivity index (χ2n) is 6.17. The van der Waals surface area contributed by atoms with E-state index in [2.05, 4.69) is 14.9 Å². The number of piperazine rings is 1. The van der Waals surface area contributed by atoms with Gasteiger partial charge in [-0.25, -0.2) is 14.8 Å². The number of hydrogen-bond acceptors (Lipinski definition) is 5. The van der Waals surface area contributed by atoms with Crippen LogP contribution in [-0.2, 0) is 4.74 Å². The number of halogens is 1. The molecule has 2 heterocycles. The second-order valence-corrected chi connectivity index (χ2v) is 6.55. The first kappa shape index (κ1) is 15.8. The average molecular weight is 313 g/mol. The van der Waals surface area contributed by atoms with Crippen molar-refractivity contribution < 1.29 is 9.53 Å². The van der Waals surface area contributed by atoms with Crippen molar-refractivity contribution in [2.45, 2.75) is 39.3 Å². The van der Waals surface area contributed by atoms with Crippen LogP contribution in [0.5, 0.6) is 0 Å². The third kappa shape index (κ3) is 4.20. The van der Waals surface area contributed by atoms with Gasteiger partial charge in [-0.2, -0.15) is 0 Å². The number of amides is 1. The van der Waals surface area contributed by atoms with Gasteiger partial charge in [-0.05, 0) is 27.7 Å². The Hall–Kier alpha value is -1.56. The van der Waals surface area contributed by atoms with Crippen LogP contribution < -0.4 is 4.90 Å². The predicted molar refractivity (Wildman–Crippen MR) is 81.7 cm³/mol. The smallest absolute Gasteiger partial charge is 0.410 e. The molecule has 1 aliphatic rings. The van der Waals surface area contributed by atoms with Crippen LogP contribution in [0.4, 0.5) is 10.6 Å². The minimum Gasteiger partial charge on any atom is -0.444 e. The first-order chi connectivity index (χ1) is 9.76. The Labute approximate surface area is 130 Å². The van der Waals surface area contributed by atoms with E-state index in [0.29, 0.717) is 24.8 Å². The van der Waals surface area contributed by atoms with E-state index in [1.54, 1.807) is 11.0 Å². The number of ether oxygens (including phenoxy) is 1. The van der Waals surface area contributed by atoms with Gasteiger partial charge >= 0.3 is 6.09 Å². The maximum atomic E-state index is 12.1. The molecule has 1 aliphatic heterocycles. The summed E-state index contributed by atoms with van der Waals surface area (Å²) in [6.45, 7) is 9.53. The summed E-state index contributed by atoms with van der Waals surface area (Å²) >= 11 is 5.90. The lowest BCUT2D eigenvalue weighted by Crippen LogP contribution is -2.54. The highest BCUT2D eigenvalue weighted by molar-refractivity contribution is 6.29. The van der Waals surface area contributed by atoms with Gasteiger partial charge in [0.2, 0.25) is 0 Å².